The maximum absolute atomic E-state index is 11.1. The third-order valence-corrected chi connectivity index (χ3v) is 4.72. The van der Waals surface area contributed by atoms with Crippen LogP contribution in [0.3, 0.4) is 0 Å². The number of sulfone groups is 1. The molecule has 1 N–H and O–H groups in total. The number of hydrogen-bond donors (Lipinski definition) is 1. The number of hydrogen-bond acceptors (Lipinski definition) is 3. The minimum absolute atomic E-state index is 0.270. The van der Waals surface area contributed by atoms with Gasteiger partial charge < -0.3 is 5.32 Å². The van der Waals surface area contributed by atoms with Crippen LogP contribution in [0.25, 0.3) is 0 Å². The van der Waals surface area contributed by atoms with Crippen molar-refractivity contribution in [1.82, 2.24) is 5.32 Å². The first-order valence-electron chi connectivity index (χ1n) is 5.46. The lowest BCUT2D eigenvalue weighted by Gasteiger charge is -2.03. The van der Waals surface area contributed by atoms with Gasteiger partial charge in [-0.3, -0.25) is 0 Å². The molecule has 1 aliphatic carbocycles. The van der Waals surface area contributed by atoms with Crippen molar-refractivity contribution < 1.29 is 8.42 Å². The van der Waals surface area contributed by atoms with Gasteiger partial charge >= 0.3 is 0 Å². The Morgan fingerprint density at radius 1 is 1.43 bits per heavy atom. The highest BCUT2D eigenvalue weighted by Gasteiger charge is 2.31. The van der Waals surface area contributed by atoms with E-state index in [4.69, 9.17) is 0 Å². The molecule has 0 aliphatic heterocycles. The molecule has 14 heavy (non-hydrogen) atoms. The third-order valence-electron chi connectivity index (χ3n) is 2.93. The van der Waals surface area contributed by atoms with Crippen molar-refractivity contribution in [3.8, 4) is 0 Å². The van der Waals surface area contributed by atoms with E-state index in [9.17, 15) is 8.42 Å². The zero-order valence-corrected chi connectivity index (χ0v) is 9.94. The molecule has 0 heterocycles. The van der Waals surface area contributed by atoms with Crippen LogP contribution in [0.5, 0.6) is 0 Å². The van der Waals surface area contributed by atoms with E-state index in [-0.39, 0.29) is 5.75 Å². The van der Waals surface area contributed by atoms with E-state index in [2.05, 4.69) is 12.2 Å². The van der Waals surface area contributed by atoms with Crippen LogP contribution in [0.15, 0.2) is 0 Å². The summed E-state index contributed by atoms with van der Waals surface area (Å²) in [5.74, 6) is 2.32. The summed E-state index contributed by atoms with van der Waals surface area (Å²) in [7, 11) is -2.76. The Morgan fingerprint density at radius 2 is 2.07 bits per heavy atom. The average Bonchev–Trinajstić information content (AvgIpc) is 2.81. The predicted octanol–water partition coefficient (Wildman–Crippen LogP) is 1.06. The van der Waals surface area contributed by atoms with Crippen LogP contribution in [0, 0.1) is 11.8 Å². The smallest absolute Gasteiger partial charge is 0.150 e. The molecule has 0 amide bonds. The monoisotopic (exact) mass is 219 g/mol. The Balaban J connectivity index is 1.94. The van der Waals surface area contributed by atoms with Crippen molar-refractivity contribution in [2.24, 2.45) is 11.8 Å². The zero-order chi connectivity index (χ0) is 10.6. The van der Waals surface area contributed by atoms with E-state index in [1.54, 1.807) is 6.92 Å². The van der Waals surface area contributed by atoms with Gasteiger partial charge in [-0.15, -0.1) is 0 Å². The molecule has 0 aromatic heterocycles. The van der Waals surface area contributed by atoms with Crippen LogP contribution >= 0.6 is 0 Å². The van der Waals surface area contributed by atoms with Crippen LogP contribution in [-0.2, 0) is 9.84 Å². The van der Waals surface area contributed by atoms with Gasteiger partial charge in [0.25, 0.3) is 0 Å². The molecule has 3 nitrogen and oxygen atoms in total. The Kier molecular flexibility index (Phi) is 4.38. The SMILES string of the molecule is CCS(=O)(=O)CCCNCC1CC1C. The van der Waals surface area contributed by atoms with Gasteiger partial charge in [0.1, 0.15) is 9.84 Å². The molecule has 0 spiro atoms. The minimum atomic E-state index is -2.76. The van der Waals surface area contributed by atoms with E-state index < -0.39 is 9.84 Å². The van der Waals surface area contributed by atoms with Crippen molar-refractivity contribution in [3.63, 3.8) is 0 Å². The fourth-order valence-corrected chi connectivity index (χ4v) is 2.41. The van der Waals surface area contributed by atoms with Crippen LogP contribution in [0.2, 0.25) is 0 Å². The molecule has 1 aliphatic rings. The molecule has 1 rings (SSSR count). The third kappa shape index (κ3) is 4.42. The summed E-state index contributed by atoms with van der Waals surface area (Å²) in [5.41, 5.74) is 0. The molecule has 4 heteroatoms. The van der Waals surface area contributed by atoms with E-state index >= 15 is 0 Å². The van der Waals surface area contributed by atoms with E-state index in [1.165, 1.54) is 6.42 Å². The largest absolute Gasteiger partial charge is 0.316 e. The molecule has 2 atom stereocenters. The molecule has 0 aromatic rings. The fraction of sp³-hybridized carbons (Fsp3) is 1.00. The lowest BCUT2D eigenvalue weighted by molar-refractivity contribution is 0.581. The van der Waals surface area contributed by atoms with Crippen LogP contribution in [0.1, 0.15) is 26.7 Å². The van der Waals surface area contributed by atoms with E-state index in [0.29, 0.717) is 5.75 Å². The molecule has 0 saturated heterocycles. The molecular formula is C10H21NO2S. The summed E-state index contributed by atoms with van der Waals surface area (Å²) in [6.45, 7) is 5.86. The molecule has 84 valence electrons. The quantitative estimate of drug-likeness (QED) is 0.651. The molecule has 0 radical (unpaired) electrons. The second-order valence-electron chi connectivity index (χ2n) is 4.27. The Hall–Kier alpha value is -0.0900. The van der Waals surface area contributed by atoms with Crippen LogP contribution in [-0.4, -0.2) is 33.0 Å². The van der Waals surface area contributed by atoms with Gasteiger partial charge in [-0.2, -0.15) is 0 Å². The van der Waals surface area contributed by atoms with Gasteiger partial charge in [-0.05, 0) is 37.8 Å². The van der Waals surface area contributed by atoms with Crippen LogP contribution in [0.4, 0.5) is 0 Å². The van der Waals surface area contributed by atoms with Gasteiger partial charge in [0.2, 0.25) is 0 Å². The van der Waals surface area contributed by atoms with Gasteiger partial charge in [0.15, 0.2) is 0 Å². The first kappa shape index (κ1) is 12.0. The summed E-state index contributed by atoms with van der Waals surface area (Å²) in [4.78, 5) is 0. The summed E-state index contributed by atoms with van der Waals surface area (Å²) in [6.07, 6.45) is 2.08. The Morgan fingerprint density at radius 3 is 2.57 bits per heavy atom. The first-order valence-corrected chi connectivity index (χ1v) is 7.28. The Bertz CT molecular complexity index is 261. The maximum Gasteiger partial charge on any atom is 0.150 e. The average molecular weight is 219 g/mol. The lowest BCUT2D eigenvalue weighted by Crippen LogP contribution is -2.21. The highest BCUT2D eigenvalue weighted by molar-refractivity contribution is 7.91. The lowest BCUT2D eigenvalue weighted by atomic mass is 10.3. The molecule has 0 bridgehead atoms. The summed E-state index contributed by atoms with van der Waals surface area (Å²) < 4.78 is 22.3. The van der Waals surface area contributed by atoms with Crippen molar-refractivity contribution in [3.05, 3.63) is 0 Å². The van der Waals surface area contributed by atoms with Crippen molar-refractivity contribution >= 4 is 9.84 Å². The number of rotatable bonds is 7. The topological polar surface area (TPSA) is 46.2 Å². The molecule has 2 unspecified atom stereocenters. The zero-order valence-electron chi connectivity index (χ0n) is 9.12. The summed E-state index contributed by atoms with van der Waals surface area (Å²) >= 11 is 0. The van der Waals surface area contributed by atoms with Gasteiger partial charge in [0.05, 0.1) is 5.75 Å². The highest BCUT2D eigenvalue weighted by Crippen LogP contribution is 2.36. The number of nitrogens with one attached hydrogen (secondary N) is 1. The molecule has 1 saturated carbocycles. The standard InChI is InChI=1S/C10H21NO2S/c1-3-14(12,13)6-4-5-11-8-10-7-9(10)2/h9-11H,3-8H2,1-2H3. The maximum atomic E-state index is 11.1. The van der Waals surface area contributed by atoms with E-state index in [1.807, 2.05) is 0 Å². The van der Waals surface area contributed by atoms with Crippen molar-refractivity contribution in [2.45, 2.75) is 26.7 Å². The van der Waals surface area contributed by atoms with Gasteiger partial charge in [0, 0.05) is 5.75 Å². The summed E-state index contributed by atoms with van der Waals surface area (Å²) in [5, 5.41) is 3.31. The second kappa shape index (κ2) is 5.12. The molecule has 0 aromatic carbocycles. The van der Waals surface area contributed by atoms with E-state index in [0.717, 1.165) is 31.3 Å². The van der Waals surface area contributed by atoms with Crippen molar-refractivity contribution in [1.29, 1.82) is 0 Å². The highest BCUT2D eigenvalue weighted by atomic mass is 32.2. The van der Waals surface area contributed by atoms with Crippen molar-refractivity contribution in [2.75, 3.05) is 24.6 Å². The second-order valence-corrected chi connectivity index (χ2v) is 6.74. The molecular weight excluding hydrogens is 198 g/mol. The molecule has 1 fully saturated rings. The minimum Gasteiger partial charge on any atom is -0.316 e. The fourth-order valence-electron chi connectivity index (χ4n) is 1.53. The summed E-state index contributed by atoms with van der Waals surface area (Å²) in [6, 6.07) is 0. The Labute approximate surface area is 87.2 Å². The normalized spacial score (nSPS) is 26.4. The van der Waals surface area contributed by atoms with Crippen LogP contribution < -0.4 is 5.32 Å². The predicted molar refractivity (Wildman–Crippen MR) is 59.1 cm³/mol. The van der Waals surface area contributed by atoms with Gasteiger partial charge in [-0.25, -0.2) is 8.42 Å². The first-order chi connectivity index (χ1) is 6.55. The van der Waals surface area contributed by atoms with Gasteiger partial charge in [-0.1, -0.05) is 13.8 Å².